The monoisotopic (exact) mass is 813 g/mol. The van der Waals surface area contributed by atoms with Gasteiger partial charge in [-0.25, -0.2) is 9.59 Å². The number of nitrogens with zero attached hydrogens (tertiary/aromatic N) is 2. The minimum atomic E-state index is -3.49. The fourth-order valence-corrected chi connectivity index (χ4v) is 6.28. The van der Waals surface area contributed by atoms with Crippen LogP contribution in [-0.2, 0) is 38.1 Å². The number of ether oxygens (including phenoxy) is 4. The standard InChI is InChI=1S/C42H76F4N2O8/c1-47(2)31-23-24-34-48(32-21-13-11-19-29-41(43,44)39(51)55-35-25-15-7-5-9-17-27-37(49)53-3)33-22-14-12-20-30-42(45,46)40(52)56-36-26-16-8-6-10-18-28-38(50)54-4/h5-36H2,1-4H3. The summed E-state index contributed by atoms with van der Waals surface area (Å²) in [4.78, 5) is 50.6. The molecule has 0 saturated heterocycles. The minimum absolute atomic E-state index is 0.0209. The zero-order chi connectivity index (χ0) is 41.9. The number of hydrogen-bond donors (Lipinski definition) is 0. The van der Waals surface area contributed by atoms with E-state index in [1.807, 2.05) is 14.1 Å². The van der Waals surface area contributed by atoms with Gasteiger partial charge in [-0.2, -0.15) is 17.6 Å². The number of carbonyl (C=O) groups excluding carboxylic acids is 4. The lowest BCUT2D eigenvalue weighted by atomic mass is 10.1. The van der Waals surface area contributed by atoms with E-state index in [0.717, 1.165) is 129 Å². The molecule has 0 saturated carbocycles. The van der Waals surface area contributed by atoms with E-state index in [4.69, 9.17) is 9.47 Å². The predicted octanol–water partition coefficient (Wildman–Crippen LogP) is 9.70. The van der Waals surface area contributed by atoms with Crippen LogP contribution < -0.4 is 0 Å². The summed E-state index contributed by atoms with van der Waals surface area (Å²) in [7, 11) is 6.79. The van der Waals surface area contributed by atoms with Gasteiger partial charge in [-0.15, -0.1) is 0 Å². The average Bonchev–Trinajstić information content (AvgIpc) is 3.16. The van der Waals surface area contributed by atoms with Gasteiger partial charge in [0, 0.05) is 25.7 Å². The van der Waals surface area contributed by atoms with Gasteiger partial charge in [-0.1, -0.05) is 77.0 Å². The van der Waals surface area contributed by atoms with Gasteiger partial charge >= 0.3 is 35.7 Å². The topological polar surface area (TPSA) is 112 Å². The molecule has 0 unspecified atom stereocenters. The third-order valence-electron chi connectivity index (χ3n) is 9.83. The lowest BCUT2D eigenvalue weighted by Crippen LogP contribution is -2.31. The van der Waals surface area contributed by atoms with Gasteiger partial charge < -0.3 is 28.7 Å². The molecule has 56 heavy (non-hydrogen) atoms. The molecule has 10 nitrogen and oxygen atoms in total. The highest BCUT2D eigenvalue weighted by Gasteiger charge is 2.40. The molecule has 0 spiro atoms. The van der Waals surface area contributed by atoms with E-state index in [2.05, 4.69) is 19.3 Å². The summed E-state index contributed by atoms with van der Waals surface area (Å²) in [6.07, 6.45) is 16.2. The second-order valence-electron chi connectivity index (χ2n) is 15.3. The van der Waals surface area contributed by atoms with Crippen molar-refractivity contribution in [3.05, 3.63) is 0 Å². The van der Waals surface area contributed by atoms with Crippen LogP contribution in [0.25, 0.3) is 0 Å². The second kappa shape index (κ2) is 34.6. The maximum atomic E-state index is 14.4. The summed E-state index contributed by atoms with van der Waals surface area (Å²) in [5.41, 5.74) is 0. The Morgan fingerprint density at radius 3 is 1.11 bits per heavy atom. The molecule has 0 bridgehead atoms. The van der Waals surface area contributed by atoms with Crippen LogP contribution >= 0.6 is 0 Å². The average molecular weight is 813 g/mol. The van der Waals surface area contributed by atoms with Crippen LogP contribution in [0, 0.1) is 0 Å². The first-order valence-electron chi connectivity index (χ1n) is 21.4. The molecule has 0 aromatic heterocycles. The maximum absolute atomic E-state index is 14.4. The van der Waals surface area contributed by atoms with E-state index in [0.29, 0.717) is 38.5 Å². The van der Waals surface area contributed by atoms with Gasteiger partial charge in [0.1, 0.15) is 0 Å². The van der Waals surface area contributed by atoms with Gasteiger partial charge in [0.25, 0.3) is 0 Å². The van der Waals surface area contributed by atoms with Crippen molar-refractivity contribution in [3.8, 4) is 0 Å². The highest BCUT2D eigenvalue weighted by molar-refractivity contribution is 5.77. The van der Waals surface area contributed by atoms with Crippen molar-refractivity contribution >= 4 is 23.9 Å². The molecule has 14 heteroatoms. The van der Waals surface area contributed by atoms with Crippen molar-refractivity contribution in [3.63, 3.8) is 0 Å². The van der Waals surface area contributed by atoms with Crippen LogP contribution in [0.1, 0.15) is 167 Å². The number of hydrogen-bond acceptors (Lipinski definition) is 10. The van der Waals surface area contributed by atoms with E-state index in [9.17, 15) is 36.7 Å². The minimum Gasteiger partial charge on any atom is -0.469 e. The number of esters is 4. The number of halogens is 4. The summed E-state index contributed by atoms with van der Waals surface area (Å²) in [6, 6.07) is 0. The Kier molecular flexibility index (Phi) is 33.0. The van der Waals surface area contributed by atoms with E-state index in [-0.39, 0.29) is 38.0 Å². The highest BCUT2D eigenvalue weighted by Crippen LogP contribution is 2.25. The largest absolute Gasteiger partial charge is 0.469 e. The number of methoxy groups -OCH3 is 2. The quantitative estimate of drug-likeness (QED) is 0.0258. The lowest BCUT2D eigenvalue weighted by Gasteiger charge is -2.23. The summed E-state index contributed by atoms with van der Waals surface area (Å²) < 4.78 is 76.4. The summed E-state index contributed by atoms with van der Waals surface area (Å²) in [5, 5.41) is 0. The zero-order valence-corrected chi connectivity index (χ0v) is 35.3. The molecule has 0 aliphatic rings. The van der Waals surface area contributed by atoms with Crippen molar-refractivity contribution in [1.29, 1.82) is 0 Å². The normalized spacial score (nSPS) is 12.0. The van der Waals surface area contributed by atoms with Gasteiger partial charge in [0.05, 0.1) is 27.4 Å². The van der Waals surface area contributed by atoms with Crippen molar-refractivity contribution < 1.29 is 55.7 Å². The van der Waals surface area contributed by atoms with Crippen molar-refractivity contribution in [1.82, 2.24) is 9.80 Å². The van der Waals surface area contributed by atoms with Crippen LogP contribution in [0.15, 0.2) is 0 Å². The molecule has 0 atom stereocenters. The number of carbonyl (C=O) groups is 4. The SMILES string of the molecule is COC(=O)CCCCCCCCOC(=O)C(F)(F)CCCCCCN(CCCCCCC(F)(F)C(=O)OCCCCCCCCC(=O)OC)CCCCN(C)C. The van der Waals surface area contributed by atoms with Crippen LogP contribution in [-0.4, -0.2) is 113 Å². The van der Waals surface area contributed by atoms with Crippen LogP contribution in [0.3, 0.4) is 0 Å². The second-order valence-corrected chi connectivity index (χ2v) is 15.3. The summed E-state index contributed by atoms with van der Waals surface area (Å²) >= 11 is 0. The molecule has 0 aliphatic heterocycles. The van der Waals surface area contributed by atoms with Crippen molar-refractivity contribution in [2.45, 2.75) is 179 Å². The Hall–Kier alpha value is -2.48. The molecule has 0 radical (unpaired) electrons. The van der Waals surface area contributed by atoms with Crippen LogP contribution in [0.5, 0.6) is 0 Å². The molecule has 0 aromatic rings. The van der Waals surface area contributed by atoms with Crippen molar-refractivity contribution in [2.24, 2.45) is 0 Å². The van der Waals surface area contributed by atoms with Gasteiger partial charge in [0.15, 0.2) is 0 Å². The Morgan fingerprint density at radius 1 is 0.429 bits per heavy atom. The first kappa shape index (κ1) is 53.5. The molecular formula is C42H76F4N2O8. The molecule has 0 amide bonds. The third kappa shape index (κ3) is 31.6. The summed E-state index contributed by atoms with van der Waals surface area (Å²) in [6.45, 7) is 3.50. The molecular weight excluding hydrogens is 736 g/mol. The van der Waals surface area contributed by atoms with Crippen LogP contribution in [0.4, 0.5) is 17.6 Å². The first-order chi connectivity index (χ1) is 26.7. The Bertz CT molecular complexity index is 949. The van der Waals surface area contributed by atoms with E-state index in [1.54, 1.807) is 0 Å². The van der Waals surface area contributed by atoms with Gasteiger partial charge in [0.2, 0.25) is 0 Å². The predicted molar refractivity (Wildman–Crippen MR) is 211 cm³/mol. The van der Waals surface area contributed by atoms with E-state index < -0.39 is 36.6 Å². The molecule has 0 heterocycles. The molecule has 0 aliphatic carbocycles. The summed E-state index contributed by atoms with van der Waals surface area (Å²) in [5.74, 6) is -10.3. The number of rotatable bonds is 39. The van der Waals surface area contributed by atoms with E-state index in [1.165, 1.54) is 14.2 Å². The molecule has 0 N–H and O–H groups in total. The number of alkyl halides is 4. The van der Waals surface area contributed by atoms with Crippen molar-refractivity contribution in [2.75, 3.05) is 67.7 Å². The maximum Gasteiger partial charge on any atom is 0.376 e. The smallest absolute Gasteiger partial charge is 0.376 e. The first-order valence-corrected chi connectivity index (χ1v) is 21.4. The van der Waals surface area contributed by atoms with Gasteiger partial charge in [-0.3, -0.25) is 9.59 Å². The molecule has 330 valence electrons. The fraction of sp³-hybridized carbons (Fsp3) is 0.905. The molecule has 0 fully saturated rings. The Labute approximate surface area is 335 Å². The van der Waals surface area contributed by atoms with Gasteiger partial charge in [-0.05, 0) is 104 Å². The lowest BCUT2D eigenvalue weighted by molar-refractivity contribution is -0.173. The molecule has 0 aromatic carbocycles. The highest BCUT2D eigenvalue weighted by atomic mass is 19.3. The molecule has 0 rings (SSSR count). The van der Waals surface area contributed by atoms with Crippen LogP contribution in [0.2, 0.25) is 0 Å². The van der Waals surface area contributed by atoms with E-state index >= 15 is 0 Å². The fourth-order valence-electron chi connectivity index (χ4n) is 6.28. The number of unbranched alkanes of at least 4 members (excludes halogenated alkanes) is 17. The third-order valence-corrected chi connectivity index (χ3v) is 9.83. The Balaban J connectivity index is 4.23. The zero-order valence-electron chi connectivity index (χ0n) is 35.3. The Morgan fingerprint density at radius 2 is 0.732 bits per heavy atom.